The van der Waals surface area contributed by atoms with Crippen molar-refractivity contribution in [2.45, 2.75) is 25.4 Å². The molecule has 0 heterocycles. The normalized spacial score (nSPS) is 12.9. The molecule has 0 aromatic heterocycles. The van der Waals surface area contributed by atoms with Gasteiger partial charge < -0.3 is 20.9 Å². The van der Waals surface area contributed by atoms with E-state index in [1.54, 1.807) is 7.11 Å². The summed E-state index contributed by atoms with van der Waals surface area (Å²) >= 11 is 0. The molecule has 0 unspecified atom stereocenters. The third-order valence-corrected chi connectivity index (χ3v) is 2.76. The number of ether oxygens (including phenoxy) is 1. The summed E-state index contributed by atoms with van der Waals surface area (Å²) in [6, 6.07) is 6.53. The molecular weight excluding hydrogens is 232 g/mol. The van der Waals surface area contributed by atoms with Crippen LogP contribution in [-0.4, -0.2) is 30.8 Å². The number of aliphatic hydroxyl groups is 1. The first kappa shape index (κ1) is 14.5. The molecule has 0 aliphatic rings. The number of carbonyl (C=O) groups is 1. The van der Waals surface area contributed by atoms with Crippen molar-refractivity contribution < 1.29 is 14.6 Å². The van der Waals surface area contributed by atoms with Gasteiger partial charge in [-0.2, -0.15) is 0 Å². The molecule has 1 amide bonds. The molecule has 0 spiro atoms. The molecule has 0 radical (unpaired) electrons. The van der Waals surface area contributed by atoms with Gasteiger partial charge >= 0.3 is 0 Å². The van der Waals surface area contributed by atoms with E-state index in [9.17, 15) is 4.79 Å². The molecule has 100 valence electrons. The number of methoxy groups -OCH3 is 1. The van der Waals surface area contributed by atoms with Crippen LogP contribution in [-0.2, 0) is 10.3 Å². The van der Waals surface area contributed by atoms with Gasteiger partial charge in [0.2, 0.25) is 5.91 Å². The molecule has 1 aromatic rings. The summed E-state index contributed by atoms with van der Waals surface area (Å²) in [6.07, 6.45) is 0. The predicted octanol–water partition coefficient (Wildman–Crippen LogP) is 0.366. The van der Waals surface area contributed by atoms with Crippen LogP contribution in [0.4, 0.5) is 0 Å². The molecule has 0 fully saturated rings. The zero-order chi connectivity index (χ0) is 13.8. The molecule has 1 rings (SSSR count). The number of carbonyl (C=O) groups excluding carboxylic acids is 1. The van der Waals surface area contributed by atoms with E-state index in [-0.39, 0.29) is 12.5 Å². The highest BCUT2D eigenvalue weighted by Crippen LogP contribution is 2.23. The Morgan fingerprint density at radius 3 is 2.78 bits per heavy atom. The van der Waals surface area contributed by atoms with Gasteiger partial charge in [0.25, 0.3) is 0 Å². The highest BCUT2D eigenvalue weighted by molar-refractivity contribution is 5.82. The van der Waals surface area contributed by atoms with Crippen molar-refractivity contribution >= 4 is 5.91 Å². The maximum Gasteiger partial charge on any atom is 0.239 e. The van der Waals surface area contributed by atoms with Crippen LogP contribution in [0.1, 0.15) is 19.4 Å². The van der Waals surface area contributed by atoms with Gasteiger partial charge in [0.15, 0.2) is 0 Å². The third kappa shape index (κ3) is 3.45. The quantitative estimate of drug-likeness (QED) is 0.706. The summed E-state index contributed by atoms with van der Waals surface area (Å²) in [7, 11) is 1.59. The van der Waals surface area contributed by atoms with E-state index < -0.39 is 11.6 Å². The van der Waals surface area contributed by atoms with Crippen LogP contribution in [0.15, 0.2) is 24.3 Å². The molecule has 1 atom stereocenters. The molecule has 4 N–H and O–H groups in total. The summed E-state index contributed by atoms with van der Waals surface area (Å²) in [4.78, 5) is 11.7. The zero-order valence-electron chi connectivity index (χ0n) is 10.9. The lowest BCUT2D eigenvalue weighted by molar-refractivity contribution is -0.124. The van der Waals surface area contributed by atoms with E-state index in [1.807, 2.05) is 38.1 Å². The van der Waals surface area contributed by atoms with E-state index in [2.05, 4.69) is 5.32 Å². The minimum Gasteiger partial charge on any atom is -0.497 e. The summed E-state index contributed by atoms with van der Waals surface area (Å²) in [5.41, 5.74) is 5.79. The summed E-state index contributed by atoms with van der Waals surface area (Å²) in [6.45, 7) is 3.35. The second kappa shape index (κ2) is 5.84. The van der Waals surface area contributed by atoms with Gasteiger partial charge in [-0.15, -0.1) is 0 Å². The first-order valence-electron chi connectivity index (χ1n) is 5.73. The van der Waals surface area contributed by atoms with Crippen LogP contribution < -0.4 is 15.8 Å². The molecule has 0 aliphatic heterocycles. The molecule has 0 aliphatic carbocycles. The predicted molar refractivity (Wildman–Crippen MR) is 69.2 cm³/mol. The number of rotatable bonds is 5. The van der Waals surface area contributed by atoms with Gasteiger partial charge in [-0.05, 0) is 31.5 Å². The molecular formula is C13H20N2O3. The van der Waals surface area contributed by atoms with Crippen molar-refractivity contribution in [3.63, 3.8) is 0 Å². The van der Waals surface area contributed by atoms with Gasteiger partial charge in [0.05, 0.1) is 19.3 Å². The largest absolute Gasteiger partial charge is 0.497 e. The van der Waals surface area contributed by atoms with Gasteiger partial charge in [-0.1, -0.05) is 12.1 Å². The molecule has 1 aromatic carbocycles. The Labute approximate surface area is 107 Å². The minimum atomic E-state index is -0.908. The zero-order valence-corrected chi connectivity index (χ0v) is 10.9. The maximum absolute atomic E-state index is 11.7. The fourth-order valence-electron chi connectivity index (χ4n) is 1.57. The number of hydrogen-bond donors (Lipinski definition) is 3. The second-order valence-corrected chi connectivity index (χ2v) is 4.64. The number of nitrogens with two attached hydrogens (primary N) is 1. The fourth-order valence-corrected chi connectivity index (χ4v) is 1.57. The van der Waals surface area contributed by atoms with Gasteiger partial charge in [-0.25, -0.2) is 0 Å². The van der Waals surface area contributed by atoms with E-state index >= 15 is 0 Å². The average Bonchev–Trinajstić information content (AvgIpc) is 2.37. The summed E-state index contributed by atoms with van der Waals surface area (Å²) in [5, 5.41) is 11.6. The lowest BCUT2D eigenvalue weighted by Gasteiger charge is -2.28. The van der Waals surface area contributed by atoms with Crippen molar-refractivity contribution in [3.05, 3.63) is 29.8 Å². The Kier molecular flexibility index (Phi) is 4.69. The molecule has 0 saturated carbocycles. The number of hydrogen-bond acceptors (Lipinski definition) is 4. The highest BCUT2D eigenvalue weighted by atomic mass is 16.5. The molecule has 18 heavy (non-hydrogen) atoms. The molecule has 5 nitrogen and oxygen atoms in total. The Morgan fingerprint density at radius 1 is 1.56 bits per heavy atom. The highest BCUT2D eigenvalue weighted by Gasteiger charge is 2.25. The SMILES string of the molecule is COc1cccc(C(C)(C)NC(=O)[C@H](N)CO)c1. The number of aliphatic hydroxyl groups excluding tert-OH is 1. The van der Waals surface area contributed by atoms with Crippen molar-refractivity contribution in [2.75, 3.05) is 13.7 Å². The topological polar surface area (TPSA) is 84.6 Å². The van der Waals surface area contributed by atoms with E-state index in [4.69, 9.17) is 15.6 Å². The average molecular weight is 252 g/mol. The lowest BCUT2D eigenvalue weighted by atomic mass is 9.93. The summed E-state index contributed by atoms with van der Waals surface area (Å²) in [5.74, 6) is 0.339. The van der Waals surface area contributed by atoms with Crippen molar-refractivity contribution in [3.8, 4) is 5.75 Å². The van der Waals surface area contributed by atoms with E-state index in [0.29, 0.717) is 0 Å². The smallest absolute Gasteiger partial charge is 0.239 e. The Hall–Kier alpha value is -1.59. The fraction of sp³-hybridized carbons (Fsp3) is 0.462. The van der Waals surface area contributed by atoms with E-state index in [0.717, 1.165) is 11.3 Å². The molecule has 5 heteroatoms. The van der Waals surface area contributed by atoms with Crippen LogP contribution in [0.3, 0.4) is 0 Å². The van der Waals surface area contributed by atoms with Crippen LogP contribution in [0.2, 0.25) is 0 Å². The standard InChI is InChI=1S/C13H20N2O3/c1-13(2,15-12(17)11(14)8-16)9-5-4-6-10(7-9)18-3/h4-7,11,16H,8,14H2,1-3H3,(H,15,17)/t11-/m1/s1. The number of nitrogens with one attached hydrogen (secondary N) is 1. The first-order valence-corrected chi connectivity index (χ1v) is 5.73. The monoisotopic (exact) mass is 252 g/mol. The maximum atomic E-state index is 11.7. The Bertz CT molecular complexity index is 418. The second-order valence-electron chi connectivity index (χ2n) is 4.64. The lowest BCUT2D eigenvalue weighted by Crippen LogP contribution is -2.50. The first-order chi connectivity index (χ1) is 8.40. The van der Waals surface area contributed by atoms with Crippen molar-refractivity contribution in [1.29, 1.82) is 0 Å². The molecule has 0 bridgehead atoms. The van der Waals surface area contributed by atoms with Crippen LogP contribution in [0.25, 0.3) is 0 Å². The summed E-state index contributed by atoms with van der Waals surface area (Å²) < 4.78 is 5.15. The number of amides is 1. The number of benzene rings is 1. The minimum absolute atomic E-state index is 0.375. The van der Waals surface area contributed by atoms with Crippen LogP contribution in [0.5, 0.6) is 5.75 Å². The van der Waals surface area contributed by atoms with Gasteiger partial charge in [0, 0.05) is 0 Å². The van der Waals surface area contributed by atoms with Crippen LogP contribution in [0, 0.1) is 0 Å². The van der Waals surface area contributed by atoms with E-state index in [1.165, 1.54) is 0 Å². The van der Waals surface area contributed by atoms with Crippen molar-refractivity contribution in [2.24, 2.45) is 5.73 Å². The third-order valence-electron chi connectivity index (χ3n) is 2.76. The Balaban J connectivity index is 2.88. The molecule has 0 saturated heterocycles. The van der Waals surface area contributed by atoms with Gasteiger partial charge in [0.1, 0.15) is 11.8 Å². The Morgan fingerprint density at radius 2 is 2.22 bits per heavy atom. The van der Waals surface area contributed by atoms with Gasteiger partial charge in [-0.3, -0.25) is 4.79 Å². The van der Waals surface area contributed by atoms with Crippen LogP contribution >= 0.6 is 0 Å². The van der Waals surface area contributed by atoms with Crippen molar-refractivity contribution in [1.82, 2.24) is 5.32 Å².